The quantitative estimate of drug-likeness (QED) is 0.654. The van der Waals surface area contributed by atoms with Gasteiger partial charge in [0, 0.05) is 12.8 Å². The maximum Gasteiger partial charge on any atom is 0.136 e. The highest BCUT2D eigenvalue weighted by Crippen LogP contribution is 2.65. The minimum atomic E-state index is -0.100. The summed E-state index contributed by atoms with van der Waals surface area (Å²) >= 11 is 0. The molecule has 3 saturated carbocycles. The molecule has 0 radical (unpaired) electrons. The smallest absolute Gasteiger partial charge is 0.136 e. The van der Waals surface area contributed by atoms with Crippen LogP contribution in [-0.2, 0) is 4.79 Å². The van der Waals surface area contributed by atoms with E-state index in [2.05, 4.69) is 26.8 Å². The zero-order chi connectivity index (χ0) is 15.7. The Bertz CT molecular complexity index is 536. The van der Waals surface area contributed by atoms with Crippen LogP contribution >= 0.6 is 0 Å². The Balaban J connectivity index is 0.00000156. The van der Waals surface area contributed by atoms with E-state index in [1.165, 1.54) is 24.8 Å². The van der Waals surface area contributed by atoms with E-state index in [-0.39, 0.29) is 24.4 Å². The molecule has 0 spiro atoms. The molecule has 4 aliphatic rings. The number of rotatable bonds is 0. The third kappa shape index (κ3) is 2.20. The molecule has 0 saturated heterocycles. The van der Waals surface area contributed by atoms with E-state index in [9.17, 15) is 9.90 Å². The molecule has 3 fully saturated rings. The highest BCUT2D eigenvalue weighted by atomic mass is 16.3. The summed E-state index contributed by atoms with van der Waals surface area (Å²) in [6.45, 7) is 7.13. The standard InChI is InChI=1S/C20H30O2.CH4/c1-12-10-13-11-14(21)6-8-19(13,2)16-7-9-20(3)15(18(12)16)4-5-17(20)22;/h10,12,15-18,22H,4-9,11H2,1-3H3;1H4/t12?,15?,16?,17-,18?,19-,20?;/m0./s1. The molecule has 4 rings (SSSR count). The summed E-state index contributed by atoms with van der Waals surface area (Å²) in [5.74, 6) is 3.10. The monoisotopic (exact) mass is 318 g/mol. The van der Waals surface area contributed by atoms with Crippen LogP contribution in [-0.4, -0.2) is 17.0 Å². The number of hydrogen-bond donors (Lipinski definition) is 1. The zero-order valence-corrected chi connectivity index (χ0v) is 14.3. The lowest BCUT2D eigenvalue weighted by atomic mass is 9.46. The largest absolute Gasteiger partial charge is 0.393 e. The zero-order valence-electron chi connectivity index (χ0n) is 14.3. The van der Waals surface area contributed by atoms with Crippen LogP contribution in [0.2, 0.25) is 0 Å². The number of carbonyl (C=O) groups is 1. The molecule has 0 heterocycles. The predicted octanol–water partition coefficient (Wildman–Crippen LogP) is 4.76. The van der Waals surface area contributed by atoms with Crippen LogP contribution < -0.4 is 0 Å². The van der Waals surface area contributed by atoms with E-state index in [0.717, 1.165) is 25.2 Å². The molecule has 4 aliphatic carbocycles. The van der Waals surface area contributed by atoms with E-state index in [0.29, 0.717) is 30.0 Å². The first-order chi connectivity index (χ1) is 10.4. The van der Waals surface area contributed by atoms with Gasteiger partial charge in [0.05, 0.1) is 6.10 Å². The fourth-order valence-corrected chi connectivity index (χ4v) is 6.81. The number of aliphatic hydroxyl groups is 1. The number of ketones is 1. The number of aliphatic hydroxyl groups excluding tert-OH is 1. The lowest BCUT2D eigenvalue weighted by Gasteiger charge is -2.58. The van der Waals surface area contributed by atoms with Crippen LogP contribution in [0.5, 0.6) is 0 Å². The van der Waals surface area contributed by atoms with Crippen molar-refractivity contribution >= 4 is 5.78 Å². The van der Waals surface area contributed by atoms with Gasteiger partial charge in [-0.15, -0.1) is 0 Å². The summed E-state index contributed by atoms with van der Waals surface area (Å²) < 4.78 is 0. The number of carbonyl (C=O) groups excluding carboxylic acids is 1. The first kappa shape index (κ1) is 17.2. The van der Waals surface area contributed by atoms with Crippen LogP contribution in [0.15, 0.2) is 11.6 Å². The van der Waals surface area contributed by atoms with Crippen molar-refractivity contribution in [1.29, 1.82) is 0 Å². The highest BCUT2D eigenvalue weighted by Gasteiger charge is 2.59. The predicted molar refractivity (Wildman–Crippen MR) is 94.0 cm³/mol. The summed E-state index contributed by atoms with van der Waals surface area (Å²) in [6.07, 6.45) is 9.47. The normalized spacial score (nSPS) is 51.9. The van der Waals surface area contributed by atoms with Crippen molar-refractivity contribution < 1.29 is 9.90 Å². The van der Waals surface area contributed by atoms with Crippen LogP contribution in [0.3, 0.4) is 0 Å². The first-order valence-electron chi connectivity index (χ1n) is 9.27. The van der Waals surface area contributed by atoms with Crippen molar-refractivity contribution in [1.82, 2.24) is 0 Å². The number of fused-ring (bicyclic) bond motifs is 5. The van der Waals surface area contributed by atoms with E-state index in [1.807, 2.05) is 0 Å². The van der Waals surface area contributed by atoms with Crippen molar-refractivity contribution in [2.24, 2.45) is 34.5 Å². The molecule has 0 aromatic rings. The van der Waals surface area contributed by atoms with Gasteiger partial charge in [-0.3, -0.25) is 4.79 Å². The van der Waals surface area contributed by atoms with Gasteiger partial charge in [-0.2, -0.15) is 0 Å². The Morgan fingerprint density at radius 3 is 2.61 bits per heavy atom. The molecule has 130 valence electrons. The van der Waals surface area contributed by atoms with E-state index in [4.69, 9.17) is 0 Å². The molecule has 0 amide bonds. The van der Waals surface area contributed by atoms with Gasteiger partial charge in [-0.05, 0) is 66.6 Å². The van der Waals surface area contributed by atoms with Gasteiger partial charge in [0.15, 0.2) is 0 Å². The molecule has 5 unspecified atom stereocenters. The average Bonchev–Trinajstić information content (AvgIpc) is 2.77. The molecule has 0 aromatic heterocycles. The minimum absolute atomic E-state index is 0. The minimum Gasteiger partial charge on any atom is -0.393 e. The van der Waals surface area contributed by atoms with Crippen molar-refractivity contribution in [3.63, 3.8) is 0 Å². The summed E-state index contributed by atoms with van der Waals surface area (Å²) in [5, 5.41) is 10.5. The van der Waals surface area contributed by atoms with Crippen molar-refractivity contribution in [3.05, 3.63) is 11.6 Å². The van der Waals surface area contributed by atoms with Gasteiger partial charge < -0.3 is 5.11 Å². The Morgan fingerprint density at radius 1 is 1.13 bits per heavy atom. The van der Waals surface area contributed by atoms with Gasteiger partial charge in [-0.1, -0.05) is 39.8 Å². The summed E-state index contributed by atoms with van der Waals surface area (Å²) in [5.41, 5.74) is 1.83. The third-order valence-corrected chi connectivity index (χ3v) is 8.22. The highest BCUT2D eigenvalue weighted by molar-refractivity contribution is 5.82. The molecule has 0 bridgehead atoms. The number of Topliss-reactive ketones (excluding diaryl/α,β-unsaturated/α-hetero) is 1. The topological polar surface area (TPSA) is 37.3 Å². The molecular formula is C21H34O2. The van der Waals surface area contributed by atoms with Crippen LogP contribution in [0, 0.1) is 34.5 Å². The maximum atomic E-state index is 11.9. The van der Waals surface area contributed by atoms with Crippen molar-refractivity contribution in [2.45, 2.75) is 79.2 Å². The van der Waals surface area contributed by atoms with Gasteiger partial charge in [0.1, 0.15) is 5.78 Å². The molecule has 2 nitrogen and oxygen atoms in total. The SMILES string of the molecule is C.CC1C=C2CC(=O)CC[C@]2(C)C2CCC3(C)C(CC[C@@H]3O)C12. The second-order valence-corrected chi connectivity index (χ2v) is 9.11. The van der Waals surface area contributed by atoms with Gasteiger partial charge in [0.2, 0.25) is 0 Å². The summed E-state index contributed by atoms with van der Waals surface area (Å²) in [7, 11) is 0. The first-order valence-corrected chi connectivity index (χ1v) is 9.27. The maximum absolute atomic E-state index is 11.9. The van der Waals surface area contributed by atoms with Crippen LogP contribution in [0.4, 0.5) is 0 Å². The van der Waals surface area contributed by atoms with Crippen molar-refractivity contribution in [2.75, 3.05) is 0 Å². The lowest BCUT2D eigenvalue weighted by molar-refractivity contribution is -0.123. The molecule has 0 aromatic carbocycles. The Kier molecular flexibility index (Phi) is 4.07. The third-order valence-electron chi connectivity index (χ3n) is 8.22. The van der Waals surface area contributed by atoms with Crippen LogP contribution in [0.1, 0.15) is 73.1 Å². The molecular weight excluding hydrogens is 284 g/mol. The van der Waals surface area contributed by atoms with E-state index < -0.39 is 0 Å². The molecule has 0 aliphatic heterocycles. The second kappa shape index (κ2) is 5.44. The van der Waals surface area contributed by atoms with Crippen molar-refractivity contribution in [3.8, 4) is 0 Å². The fourth-order valence-electron chi connectivity index (χ4n) is 6.81. The molecule has 7 atom stereocenters. The van der Waals surface area contributed by atoms with Crippen LogP contribution in [0.25, 0.3) is 0 Å². The molecule has 1 N–H and O–H groups in total. The number of hydrogen-bond acceptors (Lipinski definition) is 2. The Labute approximate surface area is 141 Å². The summed E-state index contributed by atoms with van der Waals surface area (Å²) in [4.78, 5) is 11.9. The van der Waals surface area contributed by atoms with Gasteiger partial charge >= 0.3 is 0 Å². The number of allylic oxidation sites excluding steroid dienone is 2. The van der Waals surface area contributed by atoms with Gasteiger partial charge in [0.25, 0.3) is 0 Å². The Morgan fingerprint density at radius 2 is 1.87 bits per heavy atom. The summed E-state index contributed by atoms with van der Waals surface area (Å²) in [6, 6.07) is 0. The average molecular weight is 319 g/mol. The molecule has 23 heavy (non-hydrogen) atoms. The van der Waals surface area contributed by atoms with E-state index >= 15 is 0 Å². The lowest BCUT2D eigenvalue weighted by Crippen LogP contribution is -2.53. The molecule has 2 heteroatoms. The second-order valence-electron chi connectivity index (χ2n) is 9.11. The van der Waals surface area contributed by atoms with Gasteiger partial charge in [-0.25, -0.2) is 0 Å². The van der Waals surface area contributed by atoms with E-state index in [1.54, 1.807) is 0 Å². The fraction of sp³-hybridized carbons (Fsp3) is 0.857. The Hall–Kier alpha value is -0.630.